The number of rotatable bonds is 5. The summed E-state index contributed by atoms with van der Waals surface area (Å²) in [5.74, 6) is -1.66. The summed E-state index contributed by atoms with van der Waals surface area (Å²) >= 11 is 0. The van der Waals surface area contributed by atoms with Crippen molar-refractivity contribution < 1.29 is 23.1 Å². The second-order valence-corrected chi connectivity index (χ2v) is 6.38. The van der Waals surface area contributed by atoms with Crippen LogP contribution >= 0.6 is 0 Å². The molecule has 148 valence electrons. The van der Waals surface area contributed by atoms with Gasteiger partial charge in [0.25, 0.3) is 0 Å². The monoisotopic (exact) mass is 393 g/mol. The van der Waals surface area contributed by atoms with Crippen molar-refractivity contribution >= 4 is 11.6 Å². The van der Waals surface area contributed by atoms with E-state index in [4.69, 9.17) is 0 Å². The molecule has 2 N–H and O–H groups in total. The van der Waals surface area contributed by atoms with Gasteiger partial charge < -0.3 is 15.0 Å². The SMILES string of the molecule is Cc1ccnn1-c1cccc(NC(=O)CC(O)(c2nccn2C)C(F)(F)F)c1. The largest absolute Gasteiger partial charge is 0.425 e. The van der Waals surface area contributed by atoms with Crippen molar-refractivity contribution in [3.63, 3.8) is 0 Å². The Balaban J connectivity index is 1.83. The molecule has 2 aromatic heterocycles. The molecule has 3 aromatic rings. The average Bonchev–Trinajstić information content (AvgIpc) is 3.22. The molecule has 0 spiro atoms. The number of imidazole rings is 1. The third kappa shape index (κ3) is 3.63. The minimum absolute atomic E-state index is 0.279. The first kappa shape index (κ1) is 19.6. The zero-order valence-corrected chi connectivity index (χ0v) is 15.1. The van der Waals surface area contributed by atoms with Gasteiger partial charge in [0.2, 0.25) is 11.5 Å². The van der Waals surface area contributed by atoms with Crippen LogP contribution in [0.15, 0.2) is 48.9 Å². The number of aliphatic hydroxyl groups is 1. The molecule has 0 aliphatic rings. The smallest absolute Gasteiger partial charge is 0.374 e. The van der Waals surface area contributed by atoms with Crippen molar-refractivity contribution in [2.45, 2.75) is 25.1 Å². The van der Waals surface area contributed by atoms with Crippen LogP contribution in [0.4, 0.5) is 18.9 Å². The highest BCUT2D eigenvalue weighted by molar-refractivity contribution is 5.91. The lowest BCUT2D eigenvalue weighted by atomic mass is 9.97. The molecule has 0 aliphatic carbocycles. The molecule has 2 heterocycles. The predicted molar refractivity (Wildman–Crippen MR) is 94.7 cm³/mol. The molecule has 1 amide bonds. The fraction of sp³-hybridized carbons (Fsp3) is 0.278. The van der Waals surface area contributed by atoms with Gasteiger partial charge in [-0.1, -0.05) is 6.07 Å². The average molecular weight is 393 g/mol. The Labute approximate surface area is 158 Å². The van der Waals surface area contributed by atoms with Gasteiger partial charge in [0.05, 0.1) is 12.1 Å². The van der Waals surface area contributed by atoms with Crippen LogP contribution in [-0.4, -0.2) is 36.5 Å². The van der Waals surface area contributed by atoms with Crippen LogP contribution in [0.1, 0.15) is 17.9 Å². The van der Waals surface area contributed by atoms with Gasteiger partial charge in [-0.3, -0.25) is 4.79 Å². The van der Waals surface area contributed by atoms with Crippen LogP contribution in [-0.2, 0) is 17.4 Å². The summed E-state index contributed by atoms with van der Waals surface area (Å²) in [7, 11) is 1.31. The molecular weight excluding hydrogens is 375 g/mol. The Bertz CT molecular complexity index is 995. The molecule has 1 atom stereocenters. The van der Waals surface area contributed by atoms with Gasteiger partial charge in [-0.2, -0.15) is 18.3 Å². The van der Waals surface area contributed by atoms with Gasteiger partial charge in [-0.15, -0.1) is 0 Å². The van der Waals surface area contributed by atoms with Crippen LogP contribution in [0, 0.1) is 6.92 Å². The predicted octanol–water partition coefficient (Wildman–Crippen LogP) is 2.69. The zero-order chi connectivity index (χ0) is 20.5. The van der Waals surface area contributed by atoms with Gasteiger partial charge in [0.1, 0.15) is 0 Å². The third-order valence-corrected chi connectivity index (χ3v) is 4.28. The molecule has 28 heavy (non-hydrogen) atoms. The van der Waals surface area contributed by atoms with Crippen molar-refractivity contribution in [3.8, 4) is 5.69 Å². The summed E-state index contributed by atoms with van der Waals surface area (Å²) in [6, 6.07) is 8.29. The van der Waals surface area contributed by atoms with Crippen LogP contribution in [0.3, 0.4) is 0 Å². The van der Waals surface area contributed by atoms with E-state index in [2.05, 4.69) is 15.4 Å². The first-order valence-electron chi connectivity index (χ1n) is 8.29. The number of hydrogen-bond donors (Lipinski definition) is 2. The zero-order valence-electron chi connectivity index (χ0n) is 15.1. The Hall–Kier alpha value is -3.14. The van der Waals surface area contributed by atoms with Crippen molar-refractivity contribution in [1.82, 2.24) is 19.3 Å². The van der Waals surface area contributed by atoms with Crippen LogP contribution < -0.4 is 5.32 Å². The van der Waals surface area contributed by atoms with Gasteiger partial charge in [-0.25, -0.2) is 9.67 Å². The maximum atomic E-state index is 13.5. The maximum Gasteiger partial charge on any atom is 0.425 e. The molecule has 0 aliphatic heterocycles. The molecule has 0 fully saturated rings. The fourth-order valence-electron chi connectivity index (χ4n) is 2.86. The van der Waals surface area contributed by atoms with E-state index >= 15 is 0 Å². The third-order valence-electron chi connectivity index (χ3n) is 4.28. The van der Waals surface area contributed by atoms with Crippen molar-refractivity contribution in [1.29, 1.82) is 0 Å². The highest BCUT2D eigenvalue weighted by atomic mass is 19.4. The number of hydrogen-bond acceptors (Lipinski definition) is 4. The molecule has 3 rings (SSSR count). The summed E-state index contributed by atoms with van der Waals surface area (Å²) < 4.78 is 43.3. The second-order valence-electron chi connectivity index (χ2n) is 6.38. The molecule has 0 saturated heterocycles. The minimum Gasteiger partial charge on any atom is -0.374 e. The van der Waals surface area contributed by atoms with E-state index in [9.17, 15) is 23.1 Å². The second kappa shape index (κ2) is 7.12. The van der Waals surface area contributed by atoms with Gasteiger partial charge in [0.15, 0.2) is 5.82 Å². The number of carbonyl (C=O) groups is 1. The molecule has 1 unspecified atom stereocenters. The molecule has 7 nitrogen and oxygen atoms in total. The standard InChI is InChI=1S/C18H18F3N5O2/c1-12-6-7-23-26(12)14-5-3-4-13(10-14)24-15(27)11-17(28,18(19,20)21)16-22-8-9-25(16)2/h3-10,28H,11H2,1-2H3,(H,24,27). The van der Waals surface area contributed by atoms with Crippen LogP contribution in [0.2, 0.25) is 0 Å². The highest BCUT2D eigenvalue weighted by Crippen LogP contribution is 2.40. The highest BCUT2D eigenvalue weighted by Gasteiger charge is 2.58. The topological polar surface area (TPSA) is 85.0 Å². The number of alkyl halides is 3. The summed E-state index contributed by atoms with van der Waals surface area (Å²) in [5.41, 5.74) is -1.65. The Morgan fingerprint density at radius 1 is 1.25 bits per heavy atom. The lowest BCUT2D eigenvalue weighted by Crippen LogP contribution is -2.46. The number of anilines is 1. The lowest BCUT2D eigenvalue weighted by Gasteiger charge is -2.29. The van der Waals surface area contributed by atoms with E-state index < -0.39 is 29.9 Å². The number of aromatic nitrogens is 4. The molecule has 1 aromatic carbocycles. The Kier molecular flexibility index (Phi) is 4.99. The van der Waals surface area contributed by atoms with E-state index in [1.807, 2.05) is 6.92 Å². The van der Waals surface area contributed by atoms with E-state index in [1.165, 1.54) is 19.3 Å². The van der Waals surface area contributed by atoms with Crippen LogP contribution in [0.25, 0.3) is 5.69 Å². The summed E-state index contributed by atoms with van der Waals surface area (Å²) in [5, 5.41) is 16.8. The first-order chi connectivity index (χ1) is 13.1. The van der Waals surface area contributed by atoms with Crippen molar-refractivity contribution in [2.75, 3.05) is 5.32 Å². The maximum absolute atomic E-state index is 13.5. The number of nitrogens with one attached hydrogen (secondary N) is 1. The molecular formula is C18H18F3N5O2. The number of halogens is 3. The van der Waals surface area contributed by atoms with Gasteiger partial charge >= 0.3 is 6.18 Å². The molecule has 0 saturated carbocycles. The van der Waals surface area contributed by atoms with Gasteiger partial charge in [-0.05, 0) is 31.2 Å². The molecule has 0 bridgehead atoms. The van der Waals surface area contributed by atoms with E-state index in [1.54, 1.807) is 35.1 Å². The molecule has 0 radical (unpaired) electrons. The number of aryl methyl sites for hydroxylation is 2. The van der Waals surface area contributed by atoms with Gasteiger partial charge in [0, 0.05) is 37.0 Å². The normalized spacial score (nSPS) is 13.9. The van der Waals surface area contributed by atoms with Crippen LogP contribution in [0.5, 0.6) is 0 Å². The first-order valence-corrected chi connectivity index (χ1v) is 8.29. The molecule has 10 heteroatoms. The number of benzene rings is 1. The summed E-state index contributed by atoms with van der Waals surface area (Å²) in [4.78, 5) is 15.9. The number of amides is 1. The lowest BCUT2D eigenvalue weighted by molar-refractivity contribution is -0.270. The quantitative estimate of drug-likeness (QED) is 0.698. The Morgan fingerprint density at radius 2 is 2.00 bits per heavy atom. The van der Waals surface area contributed by atoms with Crippen molar-refractivity contribution in [3.05, 3.63) is 60.4 Å². The van der Waals surface area contributed by atoms with E-state index in [0.29, 0.717) is 5.69 Å². The number of carbonyl (C=O) groups excluding carboxylic acids is 1. The van der Waals surface area contributed by atoms with Crippen molar-refractivity contribution in [2.24, 2.45) is 7.05 Å². The minimum atomic E-state index is -5.09. The Morgan fingerprint density at radius 3 is 2.57 bits per heavy atom. The summed E-state index contributed by atoms with van der Waals surface area (Å²) in [6.45, 7) is 1.84. The van der Waals surface area contributed by atoms with E-state index in [0.717, 1.165) is 16.5 Å². The number of nitrogens with zero attached hydrogens (tertiary/aromatic N) is 4. The summed E-state index contributed by atoms with van der Waals surface area (Å²) in [6.07, 6.45) is -2.32. The fourth-order valence-corrected chi connectivity index (χ4v) is 2.86. The van der Waals surface area contributed by atoms with E-state index in [-0.39, 0.29) is 5.69 Å².